The van der Waals surface area contributed by atoms with E-state index in [1.165, 1.54) is 12.8 Å². The lowest BCUT2D eigenvalue weighted by Gasteiger charge is -2.31. The van der Waals surface area contributed by atoms with E-state index in [4.69, 9.17) is 10.5 Å². The van der Waals surface area contributed by atoms with Crippen LogP contribution in [0.5, 0.6) is 0 Å². The highest BCUT2D eigenvalue weighted by molar-refractivity contribution is 5.77. The maximum absolute atomic E-state index is 11.7. The second-order valence-corrected chi connectivity index (χ2v) is 4.99. The molecule has 5 heteroatoms. The van der Waals surface area contributed by atoms with Crippen molar-refractivity contribution < 1.29 is 9.53 Å². The van der Waals surface area contributed by atoms with Crippen molar-refractivity contribution in [3.8, 4) is 0 Å². The molecule has 0 aromatic heterocycles. The zero-order valence-electron chi connectivity index (χ0n) is 11.5. The Hall–Kier alpha value is -0.650. The van der Waals surface area contributed by atoms with Crippen molar-refractivity contribution in [2.24, 2.45) is 11.7 Å². The van der Waals surface area contributed by atoms with E-state index < -0.39 is 0 Å². The fourth-order valence-electron chi connectivity index (χ4n) is 2.37. The Bertz CT molecular complexity index is 228. The van der Waals surface area contributed by atoms with Gasteiger partial charge < -0.3 is 15.8 Å². The van der Waals surface area contributed by atoms with Crippen LogP contribution in [0.15, 0.2) is 0 Å². The Kier molecular flexibility index (Phi) is 7.96. The van der Waals surface area contributed by atoms with E-state index in [0.29, 0.717) is 19.7 Å². The third-order valence-corrected chi connectivity index (χ3v) is 3.50. The Labute approximate surface area is 110 Å². The van der Waals surface area contributed by atoms with Gasteiger partial charge >= 0.3 is 0 Å². The van der Waals surface area contributed by atoms with Crippen LogP contribution in [0.1, 0.15) is 25.7 Å². The molecule has 0 unspecified atom stereocenters. The highest BCUT2D eigenvalue weighted by Crippen LogP contribution is 2.19. The summed E-state index contributed by atoms with van der Waals surface area (Å²) in [6, 6.07) is 0. The zero-order valence-corrected chi connectivity index (χ0v) is 11.5. The predicted molar refractivity (Wildman–Crippen MR) is 72.3 cm³/mol. The number of hydrogen-bond donors (Lipinski definition) is 2. The fourth-order valence-corrected chi connectivity index (χ4v) is 2.37. The van der Waals surface area contributed by atoms with Crippen LogP contribution in [0.3, 0.4) is 0 Å². The maximum Gasteiger partial charge on any atom is 0.234 e. The van der Waals surface area contributed by atoms with Gasteiger partial charge in [0.25, 0.3) is 0 Å². The van der Waals surface area contributed by atoms with Gasteiger partial charge in [0.2, 0.25) is 5.91 Å². The number of ether oxygens (including phenoxy) is 1. The van der Waals surface area contributed by atoms with Crippen LogP contribution in [0, 0.1) is 5.92 Å². The third kappa shape index (κ3) is 6.33. The summed E-state index contributed by atoms with van der Waals surface area (Å²) in [6.45, 7) is 4.76. The lowest BCUT2D eigenvalue weighted by molar-refractivity contribution is -0.122. The summed E-state index contributed by atoms with van der Waals surface area (Å²) in [6.07, 6.45) is 4.35. The van der Waals surface area contributed by atoms with Crippen molar-refractivity contribution >= 4 is 5.91 Å². The van der Waals surface area contributed by atoms with Crippen LogP contribution in [0.25, 0.3) is 0 Å². The van der Waals surface area contributed by atoms with E-state index in [2.05, 4.69) is 10.2 Å². The number of amides is 1. The summed E-state index contributed by atoms with van der Waals surface area (Å²) >= 11 is 0. The van der Waals surface area contributed by atoms with Crippen LogP contribution in [0.4, 0.5) is 0 Å². The largest absolute Gasteiger partial charge is 0.385 e. The molecule has 18 heavy (non-hydrogen) atoms. The van der Waals surface area contributed by atoms with E-state index in [9.17, 15) is 4.79 Å². The third-order valence-electron chi connectivity index (χ3n) is 3.50. The number of nitrogens with zero attached hydrogens (tertiary/aromatic N) is 1. The molecular formula is C13H27N3O2. The summed E-state index contributed by atoms with van der Waals surface area (Å²) in [4.78, 5) is 13.9. The van der Waals surface area contributed by atoms with E-state index >= 15 is 0 Å². The number of piperidine rings is 1. The lowest BCUT2D eigenvalue weighted by Crippen LogP contribution is -2.42. The molecular weight excluding hydrogens is 230 g/mol. The smallest absolute Gasteiger partial charge is 0.234 e. The van der Waals surface area contributed by atoms with Crippen LogP contribution in [0.2, 0.25) is 0 Å². The van der Waals surface area contributed by atoms with E-state index in [0.717, 1.165) is 38.4 Å². The molecule has 5 nitrogen and oxygen atoms in total. The van der Waals surface area contributed by atoms with Gasteiger partial charge in [0.05, 0.1) is 6.54 Å². The first-order chi connectivity index (χ1) is 8.76. The molecule has 0 aromatic carbocycles. The molecule has 1 aliphatic heterocycles. The molecule has 3 N–H and O–H groups in total. The van der Waals surface area contributed by atoms with Crippen molar-refractivity contribution in [1.29, 1.82) is 0 Å². The average Bonchev–Trinajstić information content (AvgIpc) is 2.37. The Morgan fingerprint density at radius 2 is 2.17 bits per heavy atom. The summed E-state index contributed by atoms with van der Waals surface area (Å²) in [5.41, 5.74) is 5.57. The van der Waals surface area contributed by atoms with Gasteiger partial charge in [-0.3, -0.25) is 9.69 Å². The van der Waals surface area contributed by atoms with Gasteiger partial charge in [-0.2, -0.15) is 0 Å². The Morgan fingerprint density at radius 1 is 1.44 bits per heavy atom. The minimum atomic E-state index is 0.128. The van der Waals surface area contributed by atoms with Crippen molar-refractivity contribution in [1.82, 2.24) is 10.2 Å². The molecule has 1 heterocycles. The van der Waals surface area contributed by atoms with Gasteiger partial charge in [-0.15, -0.1) is 0 Å². The monoisotopic (exact) mass is 257 g/mol. The van der Waals surface area contributed by atoms with Crippen molar-refractivity contribution in [3.63, 3.8) is 0 Å². The number of methoxy groups -OCH3 is 1. The normalized spacial score (nSPS) is 17.9. The number of nitrogens with one attached hydrogen (secondary N) is 1. The summed E-state index contributed by atoms with van der Waals surface area (Å²) in [5, 5.41) is 2.92. The molecule has 0 bridgehead atoms. The molecule has 1 fully saturated rings. The number of nitrogens with two attached hydrogens (primary N) is 1. The molecule has 0 saturated carbocycles. The average molecular weight is 257 g/mol. The van der Waals surface area contributed by atoms with E-state index in [1.54, 1.807) is 7.11 Å². The number of hydrogen-bond acceptors (Lipinski definition) is 4. The molecule has 1 saturated heterocycles. The van der Waals surface area contributed by atoms with Crippen LogP contribution >= 0.6 is 0 Å². The molecule has 0 radical (unpaired) electrons. The standard InChI is InChI=1S/C13H27N3O2/c1-18-10-2-7-15-13(17)11-16-8-4-12(3-6-14)5-9-16/h12H,2-11,14H2,1H3,(H,15,17). The quantitative estimate of drug-likeness (QED) is 0.610. The first kappa shape index (κ1) is 15.4. The van der Waals surface area contributed by atoms with Gasteiger partial charge in [0, 0.05) is 20.3 Å². The lowest BCUT2D eigenvalue weighted by atomic mass is 9.94. The SMILES string of the molecule is COCCCNC(=O)CN1CCC(CCN)CC1. The van der Waals surface area contributed by atoms with Crippen molar-refractivity contribution in [2.45, 2.75) is 25.7 Å². The fraction of sp³-hybridized carbons (Fsp3) is 0.923. The van der Waals surface area contributed by atoms with Crippen LogP contribution < -0.4 is 11.1 Å². The molecule has 0 aromatic rings. The molecule has 106 valence electrons. The minimum Gasteiger partial charge on any atom is -0.385 e. The molecule has 1 rings (SSSR count). The van der Waals surface area contributed by atoms with E-state index in [-0.39, 0.29) is 5.91 Å². The molecule has 1 aliphatic rings. The van der Waals surface area contributed by atoms with Crippen LogP contribution in [-0.4, -0.2) is 57.2 Å². The number of carbonyl (C=O) groups excluding carboxylic acids is 1. The van der Waals surface area contributed by atoms with E-state index in [1.807, 2.05) is 0 Å². The molecule has 0 aliphatic carbocycles. The second-order valence-electron chi connectivity index (χ2n) is 4.99. The Morgan fingerprint density at radius 3 is 2.78 bits per heavy atom. The summed E-state index contributed by atoms with van der Waals surface area (Å²) < 4.78 is 4.94. The summed E-state index contributed by atoms with van der Waals surface area (Å²) in [5.74, 6) is 0.888. The van der Waals surface area contributed by atoms with Gasteiger partial charge in [-0.05, 0) is 51.2 Å². The minimum absolute atomic E-state index is 0.128. The van der Waals surface area contributed by atoms with Gasteiger partial charge in [-0.1, -0.05) is 0 Å². The van der Waals surface area contributed by atoms with Gasteiger partial charge in [-0.25, -0.2) is 0 Å². The zero-order chi connectivity index (χ0) is 13.2. The molecule has 1 amide bonds. The summed E-state index contributed by atoms with van der Waals surface area (Å²) in [7, 11) is 1.67. The van der Waals surface area contributed by atoms with Gasteiger partial charge in [0.15, 0.2) is 0 Å². The molecule has 0 atom stereocenters. The van der Waals surface area contributed by atoms with Crippen molar-refractivity contribution in [3.05, 3.63) is 0 Å². The number of carbonyl (C=O) groups is 1. The number of rotatable bonds is 8. The predicted octanol–water partition coefficient (Wildman–Crippen LogP) is 0.200. The van der Waals surface area contributed by atoms with Gasteiger partial charge in [0.1, 0.15) is 0 Å². The topological polar surface area (TPSA) is 67.6 Å². The molecule has 0 spiro atoms. The first-order valence-corrected chi connectivity index (χ1v) is 6.94. The maximum atomic E-state index is 11.7. The second kappa shape index (κ2) is 9.30. The van der Waals surface area contributed by atoms with Crippen LogP contribution in [-0.2, 0) is 9.53 Å². The Balaban J connectivity index is 2.07. The first-order valence-electron chi connectivity index (χ1n) is 6.94. The number of likely N-dealkylation sites (tertiary alicyclic amines) is 1. The highest BCUT2D eigenvalue weighted by Gasteiger charge is 2.19. The highest BCUT2D eigenvalue weighted by atomic mass is 16.5. The van der Waals surface area contributed by atoms with Crippen molar-refractivity contribution in [2.75, 3.05) is 46.4 Å².